The summed E-state index contributed by atoms with van der Waals surface area (Å²) in [5, 5.41) is 11.2. The average molecular weight is 232 g/mol. The maximum Gasteiger partial charge on any atom is 0.408 e. The van der Waals surface area contributed by atoms with Gasteiger partial charge in [-0.1, -0.05) is 13.8 Å². The van der Waals surface area contributed by atoms with Crippen LogP contribution in [-0.2, 0) is 9.53 Å². The Kier molecular flexibility index (Phi) is 5.27. The van der Waals surface area contributed by atoms with Gasteiger partial charge in [0.25, 0.3) is 0 Å². The lowest BCUT2D eigenvalue weighted by Crippen LogP contribution is -2.44. The summed E-state index contributed by atoms with van der Waals surface area (Å²) < 4.78 is 4.99. The number of hydrogen-bond donors (Lipinski definition) is 2. The summed E-state index contributed by atoms with van der Waals surface area (Å²) in [5.41, 5.74) is -0.620. The SMILES string of the molecule is CC(C)C[C@H]([15NH]C(=O)OC(C)(C)C)C(=O)O. The Morgan fingerprint density at radius 3 is 2.12 bits per heavy atom. The summed E-state index contributed by atoms with van der Waals surface area (Å²) in [6.45, 7) is 8.97. The number of amides is 1. The van der Waals surface area contributed by atoms with E-state index in [1.165, 1.54) is 0 Å². The average Bonchev–Trinajstić information content (AvgIpc) is 1.97. The van der Waals surface area contributed by atoms with Gasteiger partial charge >= 0.3 is 12.1 Å². The third-order valence-electron chi connectivity index (χ3n) is 1.70. The minimum absolute atomic E-state index is 0.191. The van der Waals surface area contributed by atoms with Gasteiger partial charge < -0.3 is 15.2 Å². The third kappa shape index (κ3) is 7.09. The van der Waals surface area contributed by atoms with E-state index in [4.69, 9.17) is 9.84 Å². The van der Waals surface area contributed by atoms with Gasteiger partial charge in [0.15, 0.2) is 0 Å². The minimum Gasteiger partial charge on any atom is -0.480 e. The Labute approximate surface area is 96.2 Å². The molecule has 5 heteroatoms. The van der Waals surface area contributed by atoms with E-state index in [1.807, 2.05) is 13.8 Å². The molecule has 0 unspecified atom stereocenters. The topological polar surface area (TPSA) is 75.6 Å². The van der Waals surface area contributed by atoms with Crippen LogP contribution in [0.5, 0.6) is 0 Å². The minimum atomic E-state index is -1.04. The van der Waals surface area contributed by atoms with Gasteiger partial charge in [0.1, 0.15) is 11.6 Å². The van der Waals surface area contributed by atoms with Gasteiger partial charge in [0.05, 0.1) is 0 Å². The number of ether oxygens (including phenoxy) is 1. The second-order valence-electron chi connectivity index (χ2n) is 5.17. The highest BCUT2D eigenvalue weighted by molar-refractivity contribution is 5.79. The number of hydrogen-bond acceptors (Lipinski definition) is 3. The van der Waals surface area contributed by atoms with Gasteiger partial charge in [0.2, 0.25) is 0 Å². The molecule has 0 aromatic carbocycles. The molecule has 94 valence electrons. The molecule has 0 aliphatic carbocycles. The van der Waals surface area contributed by atoms with Gasteiger partial charge in [-0.05, 0) is 33.1 Å². The van der Waals surface area contributed by atoms with Gasteiger partial charge in [0, 0.05) is 0 Å². The first-order chi connectivity index (χ1) is 7.11. The van der Waals surface area contributed by atoms with E-state index in [0.717, 1.165) is 0 Å². The van der Waals surface area contributed by atoms with E-state index < -0.39 is 23.7 Å². The van der Waals surface area contributed by atoms with Crippen LogP contribution in [-0.4, -0.2) is 28.8 Å². The van der Waals surface area contributed by atoms with Gasteiger partial charge in [-0.15, -0.1) is 0 Å². The largest absolute Gasteiger partial charge is 0.480 e. The highest BCUT2D eigenvalue weighted by Gasteiger charge is 2.24. The third-order valence-corrected chi connectivity index (χ3v) is 1.70. The van der Waals surface area contributed by atoms with Crippen molar-refractivity contribution in [2.45, 2.75) is 52.7 Å². The van der Waals surface area contributed by atoms with E-state index in [2.05, 4.69) is 5.32 Å². The molecule has 0 rings (SSSR count). The van der Waals surface area contributed by atoms with Crippen molar-refractivity contribution in [3.63, 3.8) is 0 Å². The Morgan fingerprint density at radius 2 is 1.81 bits per heavy atom. The van der Waals surface area contributed by atoms with Gasteiger partial charge in [-0.3, -0.25) is 0 Å². The number of carboxylic acids is 1. The van der Waals surface area contributed by atoms with Gasteiger partial charge in [-0.25, -0.2) is 9.59 Å². The molecule has 0 aromatic heterocycles. The molecule has 0 fully saturated rings. The molecule has 0 aliphatic heterocycles. The summed E-state index contributed by atoms with van der Waals surface area (Å²) in [7, 11) is 0. The smallest absolute Gasteiger partial charge is 0.408 e. The fraction of sp³-hybridized carbons (Fsp3) is 0.818. The maximum atomic E-state index is 11.4. The van der Waals surface area contributed by atoms with E-state index in [-0.39, 0.29) is 5.92 Å². The molecular weight excluding hydrogens is 211 g/mol. The molecule has 2 N–H and O–H groups in total. The number of aliphatic carboxylic acids is 1. The van der Waals surface area contributed by atoms with Crippen molar-refractivity contribution in [2.24, 2.45) is 5.92 Å². The first-order valence-electron chi connectivity index (χ1n) is 5.34. The molecule has 0 aromatic rings. The molecule has 1 amide bonds. The molecule has 0 radical (unpaired) electrons. The van der Waals surface area contributed by atoms with Crippen molar-refractivity contribution in [1.29, 1.82) is 0 Å². The summed E-state index contributed by atoms with van der Waals surface area (Å²) >= 11 is 0. The van der Waals surface area contributed by atoms with Crippen molar-refractivity contribution in [1.82, 2.24) is 5.32 Å². The number of carbonyl (C=O) groups is 2. The molecule has 0 saturated carbocycles. The summed E-state index contributed by atoms with van der Waals surface area (Å²) in [5.74, 6) is -0.851. The molecule has 5 nitrogen and oxygen atoms in total. The summed E-state index contributed by atoms with van der Waals surface area (Å²) in [4.78, 5) is 22.2. The predicted octanol–water partition coefficient (Wildman–Crippen LogP) is 2.01. The molecule has 16 heavy (non-hydrogen) atoms. The van der Waals surface area contributed by atoms with Crippen LogP contribution in [0.3, 0.4) is 0 Å². The number of carboxylic acid groups (broad SMARTS) is 1. The van der Waals surface area contributed by atoms with E-state index in [1.54, 1.807) is 20.8 Å². The van der Waals surface area contributed by atoms with Crippen molar-refractivity contribution in [3.8, 4) is 0 Å². The molecular formula is C11H21NO4. The normalized spacial score (nSPS) is 13.4. The van der Waals surface area contributed by atoms with Crippen molar-refractivity contribution in [3.05, 3.63) is 0 Å². The van der Waals surface area contributed by atoms with Crippen molar-refractivity contribution in [2.75, 3.05) is 0 Å². The quantitative estimate of drug-likeness (QED) is 0.727. The van der Waals surface area contributed by atoms with Crippen LogP contribution in [0.1, 0.15) is 41.0 Å². The zero-order valence-corrected chi connectivity index (χ0v) is 10.5. The molecule has 0 heterocycles. The maximum absolute atomic E-state index is 11.4. The molecule has 0 spiro atoms. The Morgan fingerprint density at radius 1 is 1.31 bits per heavy atom. The van der Waals surface area contributed by atoms with E-state index in [9.17, 15) is 9.59 Å². The van der Waals surface area contributed by atoms with Crippen LogP contribution in [0.15, 0.2) is 0 Å². The Bertz CT molecular complexity index is 255. The van der Waals surface area contributed by atoms with Crippen LogP contribution in [0, 0.1) is 5.92 Å². The highest BCUT2D eigenvalue weighted by atomic mass is 16.6. The lowest BCUT2D eigenvalue weighted by atomic mass is 10.1. The van der Waals surface area contributed by atoms with Crippen LogP contribution in [0.2, 0.25) is 0 Å². The van der Waals surface area contributed by atoms with Crippen LogP contribution in [0.25, 0.3) is 0 Å². The zero-order valence-electron chi connectivity index (χ0n) is 10.5. The number of alkyl carbamates (subject to hydrolysis) is 1. The lowest BCUT2D eigenvalue weighted by molar-refractivity contribution is -0.139. The summed E-state index contributed by atoms with van der Waals surface area (Å²) in [6.07, 6.45) is -0.310. The first-order valence-corrected chi connectivity index (χ1v) is 5.34. The second kappa shape index (κ2) is 5.72. The molecule has 0 bridgehead atoms. The lowest BCUT2D eigenvalue weighted by Gasteiger charge is -2.22. The fourth-order valence-corrected chi connectivity index (χ4v) is 1.14. The van der Waals surface area contributed by atoms with Crippen molar-refractivity contribution < 1.29 is 19.4 Å². The van der Waals surface area contributed by atoms with Crippen molar-refractivity contribution >= 4 is 12.1 Å². The molecule has 1 atom stereocenters. The monoisotopic (exact) mass is 232 g/mol. The van der Waals surface area contributed by atoms with Crippen LogP contribution >= 0.6 is 0 Å². The Hall–Kier alpha value is -1.26. The zero-order chi connectivity index (χ0) is 12.9. The number of carbonyl (C=O) groups excluding carboxylic acids is 1. The molecule has 0 aliphatic rings. The molecule has 0 saturated heterocycles. The van der Waals surface area contributed by atoms with E-state index >= 15 is 0 Å². The number of nitrogens with one attached hydrogen (secondary N) is 1. The fourth-order valence-electron chi connectivity index (χ4n) is 1.14. The number of rotatable bonds is 4. The van der Waals surface area contributed by atoms with Crippen LogP contribution in [0.4, 0.5) is 4.79 Å². The van der Waals surface area contributed by atoms with E-state index in [0.29, 0.717) is 6.42 Å². The second-order valence-corrected chi connectivity index (χ2v) is 5.17. The first kappa shape index (κ1) is 14.7. The predicted molar refractivity (Wildman–Crippen MR) is 60.2 cm³/mol. The standard InChI is InChI=1S/C11H21NO4/c1-7(2)6-8(9(13)14)12-10(15)16-11(3,4)5/h7-8H,6H2,1-5H3,(H,12,15)(H,13,14)/t8-/m0/s1/i12+1. The van der Waals surface area contributed by atoms with Crippen LogP contribution < -0.4 is 5.32 Å². The van der Waals surface area contributed by atoms with Gasteiger partial charge in [-0.2, -0.15) is 0 Å². The summed E-state index contributed by atoms with van der Waals surface area (Å²) in [6, 6.07) is -0.894. The highest BCUT2D eigenvalue weighted by Crippen LogP contribution is 2.09. The Balaban J connectivity index is 4.30.